The standard InChI is InChI=1S/C10H15Cl2N3S/c1-16-6-4-2-3-5-13-9-8(11)7-14-10(12)15-9/h7H,2-6H2,1H3,(H,13,14,15). The van der Waals surface area contributed by atoms with Crippen LogP contribution in [0.4, 0.5) is 5.82 Å². The van der Waals surface area contributed by atoms with Gasteiger partial charge in [0.1, 0.15) is 10.8 Å². The van der Waals surface area contributed by atoms with Gasteiger partial charge in [-0.15, -0.1) is 0 Å². The van der Waals surface area contributed by atoms with Crippen LogP contribution in [-0.2, 0) is 0 Å². The first-order valence-corrected chi connectivity index (χ1v) is 7.30. The molecule has 1 heterocycles. The summed E-state index contributed by atoms with van der Waals surface area (Å²) in [4.78, 5) is 7.80. The monoisotopic (exact) mass is 279 g/mol. The Balaban J connectivity index is 2.23. The van der Waals surface area contributed by atoms with Gasteiger partial charge in [0, 0.05) is 6.54 Å². The zero-order chi connectivity index (χ0) is 11.8. The lowest BCUT2D eigenvalue weighted by Gasteiger charge is -2.06. The lowest BCUT2D eigenvalue weighted by Crippen LogP contribution is -2.04. The molecule has 0 unspecified atom stereocenters. The van der Waals surface area contributed by atoms with Crippen molar-refractivity contribution >= 4 is 40.8 Å². The quantitative estimate of drug-likeness (QED) is 0.610. The fourth-order valence-corrected chi connectivity index (χ4v) is 2.01. The highest BCUT2D eigenvalue weighted by molar-refractivity contribution is 7.98. The van der Waals surface area contributed by atoms with Crippen molar-refractivity contribution in [3.63, 3.8) is 0 Å². The van der Waals surface area contributed by atoms with E-state index in [1.807, 2.05) is 11.8 Å². The fraction of sp³-hybridized carbons (Fsp3) is 0.600. The zero-order valence-electron chi connectivity index (χ0n) is 9.17. The van der Waals surface area contributed by atoms with Crippen LogP contribution in [0.5, 0.6) is 0 Å². The van der Waals surface area contributed by atoms with E-state index in [4.69, 9.17) is 23.2 Å². The summed E-state index contributed by atoms with van der Waals surface area (Å²) in [7, 11) is 0. The number of aromatic nitrogens is 2. The Morgan fingerprint density at radius 1 is 1.31 bits per heavy atom. The van der Waals surface area contributed by atoms with E-state index in [0.717, 1.165) is 13.0 Å². The molecule has 0 aliphatic carbocycles. The molecule has 0 atom stereocenters. The maximum Gasteiger partial charge on any atom is 0.224 e. The molecule has 0 radical (unpaired) electrons. The normalized spacial score (nSPS) is 10.4. The number of thioether (sulfide) groups is 1. The van der Waals surface area contributed by atoms with Crippen molar-refractivity contribution < 1.29 is 0 Å². The lowest BCUT2D eigenvalue weighted by atomic mass is 10.2. The average molecular weight is 280 g/mol. The van der Waals surface area contributed by atoms with Crippen LogP contribution in [0.3, 0.4) is 0 Å². The molecule has 90 valence electrons. The minimum absolute atomic E-state index is 0.217. The molecule has 0 bridgehead atoms. The highest BCUT2D eigenvalue weighted by Gasteiger charge is 2.02. The molecular formula is C10H15Cl2N3S. The van der Waals surface area contributed by atoms with Crippen LogP contribution in [0, 0.1) is 0 Å². The SMILES string of the molecule is CSCCCCCNc1nc(Cl)ncc1Cl. The predicted molar refractivity (Wildman–Crippen MR) is 72.8 cm³/mol. The second-order valence-electron chi connectivity index (χ2n) is 3.32. The maximum atomic E-state index is 5.91. The Kier molecular flexibility index (Phi) is 6.92. The molecule has 1 N–H and O–H groups in total. The van der Waals surface area contributed by atoms with Gasteiger partial charge in [-0.05, 0) is 36.5 Å². The number of rotatable bonds is 7. The van der Waals surface area contributed by atoms with Crippen molar-refractivity contribution in [3.8, 4) is 0 Å². The summed E-state index contributed by atoms with van der Waals surface area (Å²) >= 11 is 13.5. The van der Waals surface area contributed by atoms with Gasteiger partial charge in [0.2, 0.25) is 5.28 Å². The van der Waals surface area contributed by atoms with Crippen molar-refractivity contribution in [1.82, 2.24) is 9.97 Å². The molecule has 0 aliphatic rings. The van der Waals surface area contributed by atoms with Crippen molar-refractivity contribution in [2.45, 2.75) is 19.3 Å². The van der Waals surface area contributed by atoms with Crippen LogP contribution >= 0.6 is 35.0 Å². The summed E-state index contributed by atoms with van der Waals surface area (Å²) in [5.41, 5.74) is 0. The average Bonchev–Trinajstić information content (AvgIpc) is 2.28. The Morgan fingerprint density at radius 2 is 2.12 bits per heavy atom. The smallest absolute Gasteiger partial charge is 0.224 e. The van der Waals surface area contributed by atoms with Crippen LogP contribution in [0.15, 0.2) is 6.20 Å². The Hall–Kier alpha value is -0.190. The van der Waals surface area contributed by atoms with Gasteiger partial charge < -0.3 is 5.32 Å². The molecule has 16 heavy (non-hydrogen) atoms. The molecule has 0 aliphatic heterocycles. The summed E-state index contributed by atoms with van der Waals surface area (Å²) in [6.45, 7) is 0.863. The summed E-state index contributed by atoms with van der Waals surface area (Å²) < 4.78 is 0. The Bertz CT molecular complexity index is 323. The van der Waals surface area contributed by atoms with E-state index in [-0.39, 0.29) is 5.28 Å². The highest BCUT2D eigenvalue weighted by atomic mass is 35.5. The maximum absolute atomic E-state index is 5.91. The molecule has 1 aromatic heterocycles. The minimum atomic E-state index is 0.217. The second kappa shape index (κ2) is 7.98. The van der Waals surface area contributed by atoms with E-state index in [1.54, 1.807) is 0 Å². The van der Waals surface area contributed by atoms with Crippen molar-refractivity contribution in [3.05, 3.63) is 16.5 Å². The summed E-state index contributed by atoms with van der Waals surface area (Å²) in [5.74, 6) is 1.84. The molecule has 1 aromatic rings. The van der Waals surface area contributed by atoms with Gasteiger partial charge in [0.15, 0.2) is 0 Å². The Morgan fingerprint density at radius 3 is 2.88 bits per heavy atom. The first-order chi connectivity index (χ1) is 7.74. The van der Waals surface area contributed by atoms with E-state index >= 15 is 0 Å². The molecular weight excluding hydrogens is 265 g/mol. The number of hydrogen-bond donors (Lipinski definition) is 1. The molecule has 0 amide bonds. The van der Waals surface area contributed by atoms with E-state index in [0.29, 0.717) is 10.8 Å². The second-order valence-corrected chi connectivity index (χ2v) is 5.05. The van der Waals surface area contributed by atoms with E-state index in [2.05, 4.69) is 21.5 Å². The van der Waals surface area contributed by atoms with Gasteiger partial charge in [-0.3, -0.25) is 0 Å². The third-order valence-corrected chi connectivity index (χ3v) is 3.19. The number of nitrogens with one attached hydrogen (secondary N) is 1. The topological polar surface area (TPSA) is 37.8 Å². The molecule has 6 heteroatoms. The summed E-state index contributed by atoms with van der Waals surface area (Å²) in [6, 6.07) is 0. The van der Waals surface area contributed by atoms with Gasteiger partial charge in [-0.1, -0.05) is 18.0 Å². The molecule has 3 nitrogen and oxygen atoms in total. The van der Waals surface area contributed by atoms with Crippen molar-refractivity contribution in [2.75, 3.05) is 23.9 Å². The molecule has 0 aromatic carbocycles. The van der Waals surface area contributed by atoms with E-state index in [9.17, 15) is 0 Å². The number of anilines is 1. The van der Waals surface area contributed by atoms with Crippen LogP contribution in [0.2, 0.25) is 10.3 Å². The molecule has 0 fully saturated rings. The van der Waals surface area contributed by atoms with Gasteiger partial charge in [-0.2, -0.15) is 16.7 Å². The van der Waals surface area contributed by atoms with E-state index < -0.39 is 0 Å². The number of nitrogens with zero attached hydrogens (tertiary/aromatic N) is 2. The summed E-state index contributed by atoms with van der Waals surface area (Å²) in [5, 5.41) is 3.88. The summed E-state index contributed by atoms with van der Waals surface area (Å²) in [6.07, 6.45) is 7.21. The Labute approximate surface area is 110 Å². The predicted octanol–water partition coefficient (Wildman–Crippen LogP) is 3.73. The highest BCUT2D eigenvalue weighted by Crippen LogP contribution is 2.19. The minimum Gasteiger partial charge on any atom is -0.369 e. The lowest BCUT2D eigenvalue weighted by molar-refractivity contribution is 0.748. The van der Waals surface area contributed by atoms with Crippen molar-refractivity contribution in [1.29, 1.82) is 0 Å². The van der Waals surface area contributed by atoms with Gasteiger partial charge in [0.05, 0.1) is 6.20 Å². The van der Waals surface area contributed by atoms with Crippen LogP contribution in [0.25, 0.3) is 0 Å². The molecule has 0 saturated heterocycles. The van der Waals surface area contributed by atoms with Gasteiger partial charge in [-0.25, -0.2) is 4.98 Å². The van der Waals surface area contributed by atoms with E-state index in [1.165, 1.54) is 24.8 Å². The van der Waals surface area contributed by atoms with Crippen LogP contribution in [-0.4, -0.2) is 28.5 Å². The molecule has 1 rings (SSSR count). The fourth-order valence-electron chi connectivity index (χ4n) is 1.22. The number of unbranched alkanes of at least 4 members (excludes halogenated alkanes) is 2. The largest absolute Gasteiger partial charge is 0.369 e. The zero-order valence-corrected chi connectivity index (χ0v) is 11.5. The van der Waals surface area contributed by atoms with Gasteiger partial charge in [0.25, 0.3) is 0 Å². The number of halogens is 2. The van der Waals surface area contributed by atoms with Gasteiger partial charge >= 0.3 is 0 Å². The van der Waals surface area contributed by atoms with Crippen LogP contribution < -0.4 is 5.32 Å². The first kappa shape index (κ1) is 13.9. The van der Waals surface area contributed by atoms with Crippen LogP contribution in [0.1, 0.15) is 19.3 Å². The molecule has 0 saturated carbocycles. The molecule has 0 spiro atoms. The third-order valence-electron chi connectivity index (χ3n) is 2.03. The van der Waals surface area contributed by atoms with Crippen molar-refractivity contribution in [2.24, 2.45) is 0 Å². The number of hydrogen-bond acceptors (Lipinski definition) is 4. The third kappa shape index (κ3) is 5.23. The first-order valence-electron chi connectivity index (χ1n) is 5.15.